The lowest BCUT2D eigenvalue weighted by Gasteiger charge is -2.14. The molecule has 1 amide bonds. The Labute approximate surface area is 147 Å². The molecule has 0 aliphatic rings. The van der Waals surface area contributed by atoms with Crippen LogP contribution in [0, 0.1) is 0 Å². The largest absolute Gasteiger partial charge is 0.416 e. The van der Waals surface area contributed by atoms with E-state index in [4.69, 9.17) is 23.2 Å². The third-order valence-corrected chi connectivity index (χ3v) is 3.41. The topological polar surface area (TPSA) is 29.1 Å². The lowest BCUT2D eigenvalue weighted by Crippen LogP contribution is -2.17. The van der Waals surface area contributed by atoms with E-state index in [0.717, 1.165) is 0 Å². The number of carbonyl (C=O) groups excluding carboxylic acids is 1. The minimum absolute atomic E-state index is 0.0217. The summed E-state index contributed by atoms with van der Waals surface area (Å²) in [5.41, 5.74) is -3.96. The summed E-state index contributed by atoms with van der Waals surface area (Å²) in [6.45, 7) is 0. The number of carbonyl (C=O) groups is 1. The van der Waals surface area contributed by atoms with E-state index in [9.17, 15) is 31.1 Å². The third-order valence-electron chi connectivity index (χ3n) is 2.97. The molecular weight excluding hydrogens is 395 g/mol. The highest BCUT2D eigenvalue weighted by molar-refractivity contribution is 6.35. The van der Waals surface area contributed by atoms with Crippen molar-refractivity contribution >= 4 is 34.8 Å². The second kappa shape index (κ2) is 6.76. The molecule has 0 aliphatic heterocycles. The number of nitrogens with one attached hydrogen (secondary N) is 1. The quantitative estimate of drug-likeness (QED) is 0.589. The third kappa shape index (κ3) is 5.02. The van der Waals surface area contributed by atoms with Crippen LogP contribution in [0.15, 0.2) is 36.4 Å². The Morgan fingerprint density at radius 1 is 0.760 bits per heavy atom. The molecule has 0 radical (unpaired) electrons. The zero-order valence-electron chi connectivity index (χ0n) is 11.9. The molecular formula is C15H7Cl2F6NO. The van der Waals surface area contributed by atoms with Crippen LogP contribution in [0.4, 0.5) is 32.0 Å². The molecule has 2 aromatic rings. The van der Waals surface area contributed by atoms with Gasteiger partial charge in [0.15, 0.2) is 0 Å². The van der Waals surface area contributed by atoms with Gasteiger partial charge in [0.2, 0.25) is 0 Å². The molecule has 0 aliphatic carbocycles. The van der Waals surface area contributed by atoms with Crippen LogP contribution in [0.2, 0.25) is 10.0 Å². The number of hydrogen-bond donors (Lipinski definition) is 1. The zero-order chi connectivity index (χ0) is 19.0. The first-order valence-electron chi connectivity index (χ1n) is 6.43. The number of anilines is 1. The smallest absolute Gasteiger partial charge is 0.322 e. The summed E-state index contributed by atoms with van der Waals surface area (Å²) in [5.74, 6) is -1.17. The minimum Gasteiger partial charge on any atom is -0.322 e. The highest BCUT2D eigenvalue weighted by atomic mass is 35.5. The molecule has 0 bridgehead atoms. The monoisotopic (exact) mass is 401 g/mol. The van der Waals surface area contributed by atoms with Crippen molar-refractivity contribution in [2.45, 2.75) is 12.4 Å². The Balaban J connectivity index is 2.44. The maximum atomic E-state index is 12.8. The van der Waals surface area contributed by atoms with Crippen LogP contribution in [-0.4, -0.2) is 5.91 Å². The summed E-state index contributed by atoms with van der Waals surface area (Å²) < 4.78 is 76.8. The lowest BCUT2D eigenvalue weighted by atomic mass is 10.0. The summed E-state index contributed by atoms with van der Waals surface area (Å²) in [6.07, 6.45) is -10.1. The molecule has 0 spiro atoms. The second-order valence-electron chi connectivity index (χ2n) is 4.91. The molecule has 0 fully saturated rings. The van der Waals surface area contributed by atoms with Gasteiger partial charge in [0.05, 0.1) is 11.1 Å². The first kappa shape index (κ1) is 19.4. The Morgan fingerprint density at radius 2 is 1.20 bits per heavy atom. The number of rotatable bonds is 2. The number of alkyl halides is 6. The zero-order valence-corrected chi connectivity index (χ0v) is 13.4. The number of hydrogen-bond acceptors (Lipinski definition) is 1. The van der Waals surface area contributed by atoms with Gasteiger partial charge in [0.1, 0.15) is 0 Å². The van der Waals surface area contributed by atoms with Gasteiger partial charge in [0, 0.05) is 21.3 Å². The minimum atomic E-state index is -5.05. The van der Waals surface area contributed by atoms with Crippen molar-refractivity contribution in [3.05, 3.63) is 63.1 Å². The summed E-state index contributed by atoms with van der Waals surface area (Å²) in [4.78, 5) is 12.1. The fourth-order valence-corrected chi connectivity index (χ4v) is 2.44. The van der Waals surface area contributed by atoms with E-state index in [-0.39, 0.29) is 21.8 Å². The molecule has 2 rings (SSSR count). The normalized spacial score (nSPS) is 12.2. The van der Waals surface area contributed by atoms with Gasteiger partial charge >= 0.3 is 12.4 Å². The van der Waals surface area contributed by atoms with Crippen LogP contribution < -0.4 is 5.32 Å². The number of halogens is 8. The van der Waals surface area contributed by atoms with Crippen molar-refractivity contribution in [2.24, 2.45) is 0 Å². The van der Waals surface area contributed by atoms with E-state index < -0.39 is 35.0 Å². The molecule has 10 heteroatoms. The van der Waals surface area contributed by atoms with Crippen molar-refractivity contribution in [1.29, 1.82) is 0 Å². The van der Waals surface area contributed by atoms with Crippen LogP contribution in [0.3, 0.4) is 0 Å². The van der Waals surface area contributed by atoms with Crippen LogP contribution in [0.25, 0.3) is 0 Å². The molecule has 1 N–H and O–H groups in total. The van der Waals surface area contributed by atoms with Gasteiger partial charge in [-0.1, -0.05) is 23.2 Å². The standard InChI is InChI=1S/C15H7Cl2F6NO/c16-10-4-11(17)6-12(5-10)24-13(25)7-1-8(14(18,19)20)3-9(2-7)15(21,22)23/h1-6H,(H,24,25). The van der Waals surface area contributed by atoms with Gasteiger partial charge in [-0.3, -0.25) is 4.79 Å². The van der Waals surface area contributed by atoms with Crippen LogP contribution in [-0.2, 0) is 12.4 Å². The molecule has 2 nitrogen and oxygen atoms in total. The van der Waals surface area contributed by atoms with Crippen LogP contribution in [0.5, 0.6) is 0 Å². The fourth-order valence-electron chi connectivity index (χ4n) is 1.92. The molecule has 25 heavy (non-hydrogen) atoms. The average molecular weight is 402 g/mol. The van der Waals surface area contributed by atoms with Gasteiger partial charge in [-0.2, -0.15) is 26.3 Å². The summed E-state index contributed by atoms with van der Waals surface area (Å²) in [6, 6.07) is 4.42. The molecule has 0 aromatic heterocycles. The van der Waals surface area contributed by atoms with E-state index in [1.807, 2.05) is 0 Å². The van der Waals surface area contributed by atoms with Crippen molar-refractivity contribution in [3.8, 4) is 0 Å². The molecule has 2 aromatic carbocycles. The Morgan fingerprint density at radius 3 is 1.60 bits per heavy atom. The van der Waals surface area contributed by atoms with Gasteiger partial charge < -0.3 is 5.32 Å². The van der Waals surface area contributed by atoms with E-state index in [2.05, 4.69) is 5.32 Å². The number of amides is 1. The van der Waals surface area contributed by atoms with E-state index >= 15 is 0 Å². The van der Waals surface area contributed by atoms with Crippen LogP contribution in [0.1, 0.15) is 21.5 Å². The van der Waals surface area contributed by atoms with E-state index in [0.29, 0.717) is 12.1 Å². The summed E-state index contributed by atoms with van der Waals surface area (Å²) in [5, 5.41) is 2.41. The Hall–Kier alpha value is -1.93. The first-order valence-corrected chi connectivity index (χ1v) is 7.19. The van der Waals surface area contributed by atoms with Gasteiger partial charge in [-0.15, -0.1) is 0 Å². The maximum Gasteiger partial charge on any atom is 0.416 e. The van der Waals surface area contributed by atoms with Crippen molar-refractivity contribution in [3.63, 3.8) is 0 Å². The summed E-state index contributed by atoms with van der Waals surface area (Å²) >= 11 is 11.4. The van der Waals surface area contributed by atoms with Crippen molar-refractivity contribution in [1.82, 2.24) is 0 Å². The van der Waals surface area contributed by atoms with Gasteiger partial charge in [-0.25, -0.2) is 0 Å². The van der Waals surface area contributed by atoms with Crippen molar-refractivity contribution in [2.75, 3.05) is 5.32 Å². The average Bonchev–Trinajstić information content (AvgIpc) is 2.43. The van der Waals surface area contributed by atoms with Crippen LogP contribution >= 0.6 is 23.2 Å². The molecule has 0 unspecified atom stereocenters. The first-order chi connectivity index (χ1) is 11.4. The molecule has 0 saturated carbocycles. The Kier molecular flexibility index (Phi) is 5.24. The number of benzene rings is 2. The molecule has 134 valence electrons. The second-order valence-corrected chi connectivity index (χ2v) is 5.78. The molecule has 0 atom stereocenters. The molecule has 0 heterocycles. The SMILES string of the molecule is O=C(Nc1cc(Cl)cc(Cl)c1)c1cc(C(F)(F)F)cc(C(F)(F)F)c1. The predicted octanol–water partition coefficient (Wildman–Crippen LogP) is 6.28. The van der Waals surface area contributed by atoms with Crippen molar-refractivity contribution < 1.29 is 31.1 Å². The summed E-state index contributed by atoms with van der Waals surface area (Å²) in [7, 11) is 0. The highest BCUT2D eigenvalue weighted by Crippen LogP contribution is 2.36. The maximum absolute atomic E-state index is 12.8. The predicted molar refractivity (Wildman–Crippen MR) is 80.9 cm³/mol. The molecule has 0 saturated heterocycles. The van der Waals surface area contributed by atoms with E-state index in [1.165, 1.54) is 18.2 Å². The van der Waals surface area contributed by atoms with Gasteiger partial charge in [-0.05, 0) is 36.4 Å². The Bertz CT molecular complexity index is 764. The highest BCUT2D eigenvalue weighted by Gasteiger charge is 2.37. The van der Waals surface area contributed by atoms with Gasteiger partial charge in [0.25, 0.3) is 5.91 Å². The van der Waals surface area contributed by atoms with E-state index in [1.54, 1.807) is 0 Å². The fraction of sp³-hybridized carbons (Fsp3) is 0.133. The lowest BCUT2D eigenvalue weighted by molar-refractivity contribution is -0.143.